The molecule has 1 amide bonds. The van der Waals surface area contributed by atoms with Gasteiger partial charge in [-0.25, -0.2) is 4.39 Å². The Balaban J connectivity index is 1.34. The third-order valence-corrected chi connectivity index (χ3v) is 7.07. The van der Waals surface area contributed by atoms with E-state index in [9.17, 15) is 9.18 Å². The lowest BCUT2D eigenvalue weighted by Crippen LogP contribution is -2.45. The standard InChI is InChI=1S/C27H36FN3O/c1-29(2)13-6-14-31(27(32)24-9-5-10-25(28)17-24)20-21-11-15-30(16-12-21)26-18-22-7-3-4-8-23(22)19-26/h3-5,7-10,17,21,26H,6,11-16,18-20H2,1-2H3. The van der Waals surface area contributed by atoms with E-state index in [4.69, 9.17) is 0 Å². The van der Waals surface area contributed by atoms with Crippen LogP contribution in [0.2, 0.25) is 0 Å². The lowest BCUT2D eigenvalue weighted by Gasteiger charge is -2.38. The van der Waals surface area contributed by atoms with Gasteiger partial charge in [-0.15, -0.1) is 0 Å². The molecule has 2 aromatic rings. The summed E-state index contributed by atoms with van der Waals surface area (Å²) in [6.45, 7) is 4.62. The van der Waals surface area contributed by atoms with Crippen molar-refractivity contribution in [3.8, 4) is 0 Å². The van der Waals surface area contributed by atoms with Crippen LogP contribution in [0.3, 0.4) is 0 Å². The third-order valence-electron chi connectivity index (χ3n) is 7.07. The number of halogens is 1. The summed E-state index contributed by atoms with van der Waals surface area (Å²) in [5, 5.41) is 0. The highest BCUT2D eigenvalue weighted by Crippen LogP contribution is 2.29. The van der Waals surface area contributed by atoms with Crippen LogP contribution in [0.5, 0.6) is 0 Å². The van der Waals surface area contributed by atoms with Gasteiger partial charge in [-0.1, -0.05) is 30.3 Å². The van der Waals surface area contributed by atoms with Gasteiger partial charge in [0, 0.05) is 24.7 Å². The predicted octanol–water partition coefficient (Wildman–Crippen LogP) is 4.10. The zero-order valence-corrected chi connectivity index (χ0v) is 19.5. The number of benzene rings is 2. The number of fused-ring (bicyclic) bond motifs is 1. The molecule has 1 aliphatic carbocycles. The molecule has 5 heteroatoms. The molecule has 0 atom stereocenters. The summed E-state index contributed by atoms with van der Waals surface area (Å²) in [7, 11) is 4.10. The number of carbonyl (C=O) groups is 1. The van der Waals surface area contributed by atoms with Crippen LogP contribution in [0.1, 0.15) is 40.7 Å². The summed E-state index contributed by atoms with van der Waals surface area (Å²) in [6.07, 6.45) is 5.49. The molecule has 1 fully saturated rings. The van der Waals surface area contributed by atoms with Gasteiger partial charge in [-0.3, -0.25) is 9.69 Å². The Morgan fingerprint density at radius 2 is 1.69 bits per heavy atom. The van der Waals surface area contributed by atoms with E-state index in [0.717, 1.165) is 58.3 Å². The highest BCUT2D eigenvalue weighted by atomic mass is 19.1. The Kier molecular flexibility index (Phi) is 7.59. The molecule has 172 valence electrons. The largest absolute Gasteiger partial charge is 0.338 e. The quantitative estimate of drug-likeness (QED) is 0.622. The second-order valence-electron chi connectivity index (χ2n) is 9.73. The molecule has 4 nitrogen and oxygen atoms in total. The molecule has 0 N–H and O–H groups in total. The van der Waals surface area contributed by atoms with Crippen molar-refractivity contribution in [3.05, 3.63) is 71.0 Å². The van der Waals surface area contributed by atoms with E-state index >= 15 is 0 Å². The van der Waals surface area contributed by atoms with Crippen LogP contribution >= 0.6 is 0 Å². The van der Waals surface area contributed by atoms with Crippen molar-refractivity contribution in [2.75, 3.05) is 46.8 Å². The number of rotatable bonds is 8. The van der Waals surface area contributed by atoms with E-state index in [1.54, 1.807) is 12.1 Å². The molecule has 0 bridgehead atoms. The molecule has 0 saturated carbocycles. The molecule has 2 aromatic carbocycles. The minimum atomic E-state index is -0.352. The maximum absolute atomic E-state index is 13.7. The fourth-order valence-electron chi connectivity index (χ4n) is 5.26. The first-order valence-corrected chi connectivity index (χ1v) is 12.0. The van der Waals surface area contributed by atoms with Crippen molar-refractivity contribution in [1.82, 2.24) is 14.7 Å². The van der Waals surface area contributed by atoms with E-state index in [1.807, 2.05) is 4.90 Å². The summed E-state index contributed by atoms with van der Waals surface area (Å²) in [4.78, 5) is 19.9. The number of carbonyl (C=O) groups excluding carboxylic acids is 1. The third kappa shape index (κ3) is 5.76. The molecule has 0 aromatic heterocycles. The first-order valence-electron chi connectivity index (χ1n) is 12.0. The number of hydrogen-bond donors (Lipinski definition) is 0. The van der Waals surface area contributed by atoms with Crippen molar-refractivity contribution in [2.24, 2.45) is 5.92 Å². The number of amides is 1. The van der Waals surface area contributed by atoms with E-state index in [0.29, 0.717) is 24.1 Å². The maximum atomic E-state index is 13.7. The molecule has 0 unspecified atom stereocenters. The number of hydrogen-bond acceptors (Lipinski definition) is 3. The summed E-state index contributed by atoms with van der Waals surface area (Å²) in [5.41, 5.74) is 3.47. The van der Waals surface area contributed by atoms with Crippen molar-refractivity contribution in [2.45, 2.75) is 38.1 Å². The fourth-order valence-corrected chi connectivity index (χ4v) is 5.26. The summed E-state index contributed by atoms with van der Waals surface area (Å²) >= 11 is 0. The number of nitrogens with zero attached hydrogens (tertiary/aromatic N) is 3. The molecular formula is C27H36FN3O. The Labute approximate surface area is 192 Å². The van der Waals surface area contributed by atoms with Crippen molar-refractivity contribution >= 4 is 5.91 Å². The topological polar surface area (TPSA) is 26.8 Å². The molecule has 0 radical (unpaired) electrons. The summed E-state index contributed by atoms with van der Waals surface area (Å²) < 4.78 is 13.7. The van der Waals surface area contributed by atoms with Crippen LogP contribution in [0, 0.1) is 11.7 Å². The Hall–Kier alpha value is -2.24. The Morgan fingerprint density at radius 1 is 1.00 bits per heavy atom. The van der Waals surface area contributed by atoms with E-state index in [2.05, 4.69) is 48.2 Å². The van der Waals surface area contributed by atoms with Gasteiger partial charge in [0.2, 0.25) is 0 Å². The van der Waals surface area contributed by atoms with Crippen molar-refractivity contribution in [1.29, 1.82) is 0 Å². The van der Waals surface area contributed by atoms with Crippen molar-refractivity contribution < 1.29 is 9.18 Å². The van der Waals surface area contributed by atoms with Gasteiger partial charge in [0.25, 0.3) is 5.91 Å². The van der Waals surface area contributed by atoms with Crippen LogP contribution in [0.4, 0.5) is 4.39 Å². The van der Waals surface area contributed by atoms with Gasteiger partial charge in [-0.2, -0.15) is 0 Å². The van der Waals surface area contributed by atoms with E-state index in [1.165, 1.54) is 23.3 Å². The van der Waals surface area contributed by atoms with Crippen LogP contribution in [-0.4, -0.2) is 73.5 Å². The van der Waals surface area contributed by atoms with Gasteiger partial charge in [0.1, 0.15) is 5.82 Å². The zero-order valence-electron chi connectivity index (χ0n) is 19.5. The zero-order chi connectivity index (χ0) is 22.5. The number of likely N-dealkylation sites (tertiary alicyclic amines) is 1. The highest BCUT2D eigenvalue weighted by molar-refractivity contribution is 5.94. The summed E-state index contributed by atoms with van der Waals surface area (Å²) in [6, 6.07) is 15.6. The average molecular weight is 438 g/mol. The second kappa shape index (κ2) is 10.6. The predicted molar refractivity (Wildman–Crippen MR) is 127 cm³/mol. The average Bonchev–Trinajstić information content (AvgIpc) is 3.22. The van der Waals surface area contributed by atoms with Crippen LogP contribution in [-0.2, 0) is 12.8 Å². The lowest BCUT2D eigenvalue weighted by atomic mass is 9.94. The lowest BCUT2D eigenvalue weighted by molar-refractivity contribution is 0.0660. The maximum Gasteiger partial charge on any atom is 0.253 e. The van der Waals surface area contributed by atoms with Crippen molar-refractivity contribution in [3.63, 3.8) is 0 Å². The van der Waals surface area contributed by atoms with Gasteiger partial charge in [0.15, 0.2) is 0 Å². The summed E-state index contributed by atoms with van der Waals surface area (Å²) in [5.74, 6) is 0.110. The van der Waals surface area contributed by atoms with Gasteiger partial charge >= 0.3 is 0 Å². The van der Waals surface area contributed by atoms with E-state index in [-0.39, 0.29) is 11.7 Å². The first-order chi connectivity index (χ1) is 15.5. The Morgan fingerprint density at radius 3 is 2.31 bits per heavy atom. The molecule has 1 saturated heterocycles. The molecule has 2 aliphatic rings. The van der Waals surface area contributed by atoms with Gasteiger partial charge in [0.05, 0.1) is 0 Å². The molecule has 1 heterocycles. The fraction of sp³-hybridized carbons (Fsp3) is 0.519. The second-order valence-corrected chi connectivity index (χ2v) is 9.73. The molecule has 0 spiro atoms. The molecule has 4 rings (SSSR count). The van der Waals surface area contributed by atoms with Crippen LogP contribution < -0.4 is 0 Å². The van der Waals surface area contributed by atoms with Gasteiger partial charge in [-0.05, 0) is 101 Å². The monoisotopic (exact) mass is 437 g/mol. The van der Waals surface area contributed by atoms with E-state index < -0.39 is 0 Å². The van der Waals surface area contributed by atoms with Gasteiger partial charge < -0.3 is 9.80 Å². The smallest absolute Gasteiger partial charge is 0.253 e. The normalized spacial score (nSPS) is 17.6. The SMILES string of the molecule is CN(C)CCCN(CC1CCN(C2Cc3ccccc3C2)CC1)C(=O)c1cccc(F)c1. The number of piperidine rings is 1. The van der Waals surface area contributed by atoms with Crippen LogP contribution in [0.15, 0.2) is 48.5 Å². The highest BCUT2D eigenvalue weighted by Gasteiger charge is 2.31. The molecule has 32 heavy (non-hydrogen) atoms. The molecular weight excluding hydrogens is 401 g/mol. The Bertz CT molecular complexity index is 882. The minimum absolute atomic E-state index is 0.0445. The van der Waals surface area contributed by atoms with Crippen LogP contribution in [0.25, 0.3) is 0 Å². The minimum Gasteiger partial charge on any atom is -0.338 e. The first kappa shape index (κ1) is 22.9. The molecule has 1 aliphatic heterocycles.